The minimum Gasteiger partial charge on any atom is -0.365 e. The first-order chi connectivity index (χ1) is 7.39. The number of amides is 1. The zero-order chi connectivity index (χ0) is 11.9. The second kappa shape index (κ2) is 3.32. The van der Waals surface area contributed by atoms with E-state index in [2.05, 4.69) is 10.1 Å². The van der Waals surface area contributed by atoms with Gasteiger partial charge in [-0.15, -0.1) is 0 Å². The van der Waals surface area contributed by atoms with Crippen molar-refractivity contribution in [1.29, 1.82) is 0 Å². The van der Waals surface area contributed by atoms with Crippen LogP contribution in [0.15, 0.2) is 21.7 Å². The Morgan fingerprint density at radius 1 is 1.56 bits per heavy atom. The quantitative estimate of drug-likeness (QED) is 0.693. The van der Waals surface area contributed by atoms with Gasteiger partial charge in [0.25, 0.3) is 5.91 Å². The van der Waals surface area contributed by atoms with Crippen LogP contribution in [0.4, 0.5) is 13.2 Å². The van der Waals surface area contributed by atoms with E-state index in [4.69, 9.17) is 5.73 Å². The second-order valence-electron chi connectivity index (χ2n) is 3.30. The summed E-state index contributed by atoms with van der Waals surface area (Å²) in [6.45, 7) is -0.417. The van der Waals surface area contributed by atoms with E-state index in [1.807, 2.05) is 0 Å². The van der Waals surface area contributed by atoms with Gasteiger partial charge in [-0.05, 0) is 6.08 Å². The van der Waals surface area contributed by atoms with Crippen LogP contribution in [0.2, 0.25) is 0 Å². The first kappa shape index (κ1) is 10.7. The van der Waals surface area contributed by atoms with Crippen LogP contribution in [0.5, 0.6) is 0 Å². The molecule has 0 aromatic heterocycles. The summed E-state index contributed by atoms with van der Waals surface area (Å²) in [4.78, 5) is 14.4. The Bertz CT molecular complexity index is 423. The van der Waals surface area contributed by atoms with Crippen LogP contribution >= 0.6 is 0 Å². The van der Waals surface area contributed by atoms with Gasteiger partial charge in [-0.2, -0.15) is 18.3 Å². The van der Waals surface area contributed by atoms with Crippen LogP contribution in [-0.2, 0) is 4.79 Å². The maximum absolute atomic E-state index is 12.4. The van der Waals surface area contributed by atoms with Crippen LogP contribution in [0.3, 0.4) is 0 Å². The van der Waals surface area contributed by atoms with Gasteiger partial charge < -0.3 is 5.73 Å². The molecule has 1 amide bonds. The zero-order valence-corrected chi connectivity index (χ0v) is 7.90. The highest BCUT2D eigenvalue weighted by molar-refractivity contribution is 6.23. The maximum atomic E-state index is 12.4. The zero-order valence-electron chi connectivity index (χ0n) is 7.90. The summed E-state index contributed by atoms with van der Waals surface area (Å²) in [5, 5.41) is 4.71. The van der Waals surface area contributed by atoms with Crippen molar-refractivity contribution < 1.29 is 18.0 Å². The predicted octanol–water partition coefficient (Wildman–Crippen LogP) is 0.0425. The van der Waals surface area contributed by atoms with Crippen molar-refractivity contribution in [3.63, 3.8) is 0 Å². The Kier molecular flexibility index (Phi) is 2.21. The van der Waals surface area contributed by atoms with Crippen LogP contribution in [-0.4, -0.2) is 41.7 Å². The van der Waals surface area contributed by atoms with Gasteiger partial charge in [-0.1, -0.05) is 0 Å². The number of hydrazone groups is 1. The van der Waals surface area contributed by atoms with Crippen LogP contribution in [0, 0.1) is 0 Å². The molecule has 2 aliphatic heterocycles. The number of allylic oxidation sites excluding steroid dienone is 1. The fourth-order valence-corrected chi connectivity index (χ4v) is 1.45. The molecule has 0 bridgehead atoms. The summed E-state index contributed by atoms with van der Waals surface area (Å²) < 4.78 is 37.2. The summed E-state index contributed by atoms with van der Waals surface area (Å²) >= 11 is 0. The third-order valence-electron chi connectivity index (χ3n) is 2.20. The lowest BCUT2D eigenvalue weighted by Gasteiger charge is -2.18. The molecule has 1 unspecified atom stereocenters. The normalized spacial score (nSPS) is 23.9. The number of aliphatic imine (C=N–C) groups is 1. The molecule has 2 aliphatic rings. The molecule has 0 radical (unpaired) electrons. The first-order valence-electron chi connectivity index (χ1n) is 4.36. The summed E-state index contributed by atoms with van der Waals surface area (Å²) in [7, 11) is 0. The smallest absolute Gasteiger partial charge is 0.365 e. The Hall–Kier alpha value is -1.86. The molecule has 8 heteroatoms. The highest BCUT2D eigenvalue weighted by atomic mass is 19.4. The van der Waals surface area contributed by atoms with E-state index in [9.17, 15) is 18.0 Å². The number of alkyl halides is 3. The van der Waals surface area contributed by atoms with Gasteiger partial charge in [0.2, 0.25) is 0 Å². The van der Waals surface area contributed by atoms with Crippen molar-refractivity contribution in [3.05, 3.63) is 11.6 Å². The molecule has 2 heterocycles. The molecule has 5 nitrogen and oxygen atoms in total. The lowest BCUT2D eigenvalue weighted by molar-refractivity contribution is -0.146. The number of hydrogen-bond acceptors (Lipinski definition) is 4. The molecule has 86 valence electrons. The molecule has 0 saturated heterocycles. The third-order valence-corrected chi connectivity index (χ3v) is 2.20. The topological polar surface area (TPSA) is 71.1 Å². The first-order valence-corrected chi connectivity index (χ1v) is 4.36. The minimum atomic E-state index is -4.44. The number of carbonyl (C=O) groups is 1. The fourth-order valence-electron chi connectivity index (χ4n) is 1.45. The average molecular weight is 232 g/mol. The lowest BCUT2D eigenvalue weighted by atomic mass is 10.2. The van der Waals surface area contributed by atoms with Crippen molar-refractivity contribution in [2.45, 2.75) is 12.2 Å². The van der Waals surface area contributed by atoms with Crippen molar-refractivity contribution in [3.8, 4) is 0 Å². The SMILES string of the molecule is NC(=O)C1=CC=NN2CC(C(F)(F)F)N=C12. The number of amidine groups is 1. The Labute approximate surface area is 88.1 Å². The Morgan fingerprint density at radius 3 is 2.81 bits per heavy atom. The molecule has 0 aromatic carbocycles. The number of nitrogens with zero attached hydrogens (tertiary/aromatic N) is 3. The maximum Gasteiger partial charge on any atom is 0.412 e. The molecular weight excluding hydrogens is 225 g/mol. The number of fused-ring (bicyclic) bond motifs is 1. The number of rotatable bonds is 1. The second-order valence-corrected chi connectivity index (χ2v) is 3.30. The van der Waals surface area contributed by atoms with E-state index in [0.29, 0.717) is 0 Å². The van der Waals surface area contributed by atoms with Gasteiger partial charge in [0.15, 0.2) is 11.9 Å². The van der Waals surface area contributed by atoms with Crippen molar-refractivity contribution >= 4 is 18.0 Å². The number of primary amides is 1. The van der Waals surface area contributed by atoms with Gasteiger partial charge in [0.05, 0.1) is 12.1 Å². The van der Waals surface area contributed by atoms with Gasteiger partial charge >= 0.3 is 6.18 Å². The Morgan fingerprint density at radius 2 is 2.25 bits per heavy atom. The molecular formula is C8H7F3N4O. The highest BCUT2D eigenvalue weighted by Gasteiger charge is 2.46. The largest absolute Gasteiger partial charge is 0.412 e. The van der Waals surface area contributed by atoms with E-state index < -0.39 is 24.7 Å². The van der Waals surface area contributed by atoms with E-state index >= 15 is 0 Å². The Balaban J connectivity index is 2.33. The van der Waals surface area contributed by atoms with Crippen LogP contribution in [0.1, 0.15) is 0 Å². The van der Waals surface area contributed by atoms with Crippen molar-refractivity contribution in [2.24, 2.45) is 15.8 Å². The monoisotopic (exact) mass is 232 g/mol. The average Bonchev–Trinajstić information content (AvgIpc) is 2.59. The number of hydrogen-bond donors (Lipinski definition) is 1. The summed E-state index contributed by atoms with van der Waals surface area (Å²) in [5.74, 6) is -0.935. The summed E-state index contributed by atoms with van der Waals surface area (Å²) in [6, 6.07) is -1.86. The number of halogens is 3. The predicted molar refractivity (Wildman–Crippen MR) is 49.8 cm³/mol. The molecule has 2 N–H and O–H groups in total. The molecule has 0 spiro atoms. The summed E-state index contributed by atoms with van der Waals surface area (Å²) in [5.41, 5.74) is 4.97. The minimum absolute atomic E-state index is 0.0539. The summed E-state index contributed by atoms with van der Waals surface area (Å²) in [6.07, 6.45) is -1.98. The van der Waals surface area contributed by atoms with Gasteiger partial charge in [-0.3, -0.25) is 9.79 Å². The molecule has 0 aliphatic carbocycles. The van der Waals surface area contributed by atoms with E-state index in [0.717, 1.165) is 5.01 Å². The molecule has 0 saturated carbocycles. The van der Waals surface area contributed by atoms with Crippen molar-refractivity contribution in [2.75, 3.05) is 6.54 Å². The highest BCUT2D eigenvalue weighted by Crippen LogP contribution is 2.29. The van der Waals surface area contributed by atoms with Crippen LogP contribution in [0.25, 0.3) is 0 Å². The molecule has 0 fully saturated rings. The fraction of sp³-hybridized carbons (Fsp3) is 0.375. The lowest BCUT2D eigenvalue weighted by Crippen LogP contribution is -2.35. The number of carbonyl (C=O) groups excluding carboxylic acids is 1. The van der Waals surface area contributed by atoms with Gasteiger partial charge in [0, 0.05) is 6.21 Å². The van der Waals surface area contributed by atoms with E-state index in [-0.39, 0.29) is 11.4 Å². The standard InChI is InChI=1S/C8H7F3N4O/c9-8(10,11)5-3-15-7(14-5)4(6(12)16)1-2-13-15/h1-2,5H,3H2,(H2,12,16). The number of nitrogens with two attached hydrogens (primary N) is 1. The van der Waals surface area contributed by atoms with Gasteiger partial charge in [0.1, 0.15) is 0 Å². The molecule has 16 heavy (non-hydrogen) atoms. The molecule has 1 atom stereocenters. The van der Waals surface area contributed by atoms with Crippen LogP contribution < -0.4 is 5.73 Å². The molecule has 0 aromatic rings. The molecule has 2 rings (SSSR count). The van der Waals surface area contributed by atoms with Gasteiger partial charge in [-0.25, -0.2) is 5.01 Å². The van der Waals surface area contributed by atoms with E-state index in [1.165, 1.54) is 12.3 Å². The van der Waals surface area contributed by atoms with Crippen molar-refractivity contribution in [1.82, 2.24) is 5.01 Å². The third kappa shape index (κ3) is 1.66. The van der Waals surface area contributed by atoms with E-state index in [1.54, 1.807) is 0 Å².